The monoisotopic (exact) mass is 343 g/mol. The lowest BCUT2D eigenvalue weighted by atomic mass is 10.1. The van der Waals surface area contributed by atoms with Crippen LogP contribution in [0.3, 0.4) is 0 Å². The minimum atomic E-state index is 0.315. The van der Waals surface area contributed by atoms with Crippen LogP contribution < -0.4 is 0 Å². The number of imidazole rings is 1. The summed E-state index contributed by atoms with van der Waals surface area (Å²) in [6.45, 7) is 0.964. The normalized spacial score (nSPS) is 17.7. The molecule has 0 spiro atoms. The van der Waals surface area contributed by atoms with Crippen LogP contribution in [0.2, 0.25) is 5.02 Å². The largest absolute Gasteiger partial charge is 0.311 e. The van der Waals surface area contributed by atoms with E-state index in [9.17, 15) is 0 Å². The summed E-state index contributed by atoms with van der Waals surface area (Å²) in [6.07, 6.45) is 9.85. The number of thioether (sulfide) groups is 1. The Morgan fingerprint density at radius 2 is 2.14 bits per heavy atom. The smallest absolute Gasteiger partial charge is 0.160 e. The molecule has 1 aliphatic carbocycles. The highest BCUT2D eigenvalue weighted by atomic mass is 35.5. The highest BCUT2D eigenvalue weighted by Crippen LogP contribution is 2.42. The zero-order valence-electron chi connectivity index (χ0n) is 12.1. The van der Waals surface area contributed by atoms with Gasteiger partial charge in [-0.2, -0.15) is 11.8 Å². The fourth-order valence-electron chi connectivity index (χ4n) is 3.21. The third-order valence-electron chi connectivity index (χ3n) is 4.34. The van der Waals surface area contributed by atoms with Gasteiger partial charge in [-0.25, -0.2) is 9.97 Å². The Hall–Kier alpha value is -0.450. The first-order valence-corrected chi connectivity index (χ1v) is 9.43. The van der Waals surface area contributed by atoms with E-state index in [2.05, 4.69) is 15.8 Å². The maximum atomic E-state index is 6.04. The van der Waals surface area contributed by atoms with Gasteiger partial charge in [0.2, 0.25) is 0 Å². The van der Waals surface area contributed by atoms with E-state index in [0.717, 1.165) is 30.0 Å². The summed E-state index contributed by atoms with van der Waals surface area (Å²) in [7, 11) is 0. The first kappa shape index (κ1) is 15.4. The standard InChI is InChI=1S/C15H19Cl2N3S/c1-21-15(5-2-3-6-15)10-20-13(4-7-16)19-12-8-11(17)9-18-14(12)20/h8-9H,2-7,10H2,1H3. The number of nitrogens with zero attached hydrogens (tertiary/aromatic N) is 3. The van der Waals surface area contributed by atoms with Crippen molar-refractivity contribution in [2.45, 2.75) is 43.4 Å². The molecule has 0 atom stereocenters. The van der Waals surface area contributed by atoms with Crippen molar-refractivity contribution in [2.24, 2.45) is 0 Å². The van der Waals surface area contributed by atoms with Crippen LogP contribution in [0.1, 0.15) is 31.5 Å². The number of aromatic nitrogens is 3. The molecule has 2 aromatic rings. The molecule has 1 aliphatic rings. The molecule has 3 nitrogen and oxygen atoms in total. The van der Waals surface area contributed by atoms with Crippen LogP contribution in [-0.4, -0.2) is 31.4 Å². The molecule has 21 heavy (non-hydrogen) atoms. The van der Waals surface area contributed by atoms with Crippen molar-refractivity contribution in [3.8, 4) is 0 Å². The quantitative estimate of drug-likeness (QED) is 0.746. The number of halogens is 2. The summed E-state index contributed by atoms with van der Waals surface area (Å²) >= 11 is 14.0. The number of hydrogen-bond acceptors (Lipinski definition) is 3. The zero-order valence-corrected chi connectivity index (χ0v) is 14.4. The molecular formula is C15H19Cl2N3S. The Morgan fingerprint density at radius 1 is 1.38 bits per heavy atom. The predicted molar refractivity (Wildman–Crippen MR) is 91.7 cm³/mol. The molecule has 0 saturated heterocycles. The predicted octanol–water partition coefficient (Wildman–Crippen LogP) is 4.54. The van der Waals surface area contributed by atoms with Gasteiger partial charge in [-0.15, -0.1) is 11.6 Å². The van der Waals surface area contributed by atoms with Gasteiger partial charge in [0.05, 0.1) is 5.02 Å². The summed E-state index contributed by atoms with van der Waals surface area (Å²) < 4.78 is 2.58. The van der Waals surface area contributed by atoms with Crippen LogP contribution in [0.5, 0.6) is 0 Å². The number of hydrogen-bond donors (Lipinski definition) is 0. The van der Waals surface area contributed by atoms with Gasteiger partial charge in [0.25, 0.3) is 0 Å². The van der Waals surface area contributed by atoms with Crippen LogP contribution in [-0.2, 0) is 13.0 Å². The molecule has 0 amide bonds. The van der Waals surface area contributed by atoms with E-state index in [1.165, 1.54) is 25.7 Å². The Bertz CT molecular complexity index is 635. The Morgan fingerprint density at radius 3 is 2.81 bits per heavy atom. The van der Waals surface area contributed by atoms with Crippen LogP contribution in [0, 0.1) is 0 Å². The second-order valence-corrected chi connectivity index (χ2v) is 7.73. The molecule has 2 aromatic heterocycles. The van der Waals surface area contributed by atoms with Gasteiger partial charge in [0, 0.05) is 29.8 Å². The van der Waals surface area contributed by atoms with Gasteiger partial charge in [-0.3, -0.25) is 0 Å². The van der Waals surface area contributed by atoms with Crippen LogP contribution >= 0.6 is 35.0 Å². The van der Waals surface area contributed by atoms with Crippen molar-refractivity contribution in [1.82, 2.24) is 14.5 Å². The van der Waals surface area contributed by atoms with Crippen molar-refractivity contribution >= 4 is 46.1 Å². The van der Waals surface area contributed by atoms with E-state index in [0.29, 0.717) is 15.6 Å². The Balaban J connectivity index is 2.04. The average Bonchev–Trinajstić information content (AvgIpc) is 3.06. The third kappa shape index (κ3) is 3.03. The maximum Gasteiger partial charge on any atom is 0.160 e. The van der Waals surface area contributed by atoms with E-state index in [1.807, 2.05) is 17.8 Å². The lowest BCUT2D eigenvalue weighted by molar-refractivity contribution is 0.500. The van der Waals surface area contributed by atoms with E-state index in [4.69, 9.17) is 28.2 Å². The summed E-state index contributed by atoms with van der Waals surface area (Å²) in [5, 5.41) is 0.630. The number of rotatable bonds is 5. The molecule has 0 unspecified atom stereocenters. The second-order valence-electron chi connectivity index (χ2n) is 5.64. The van der Waals surface area contributed by atoms with Crippen LogP contribution in [0.4, 0.5) is 0 Å². The van der Waals surface area contributed by atoms with E-state index < -0.39 is 0 Å². The first-order valence-electron chi connectivity index (χ1n) is 7.29. The summed E-state index contributed by atoms with van der Waals surface area (Å²) in [5.41, 5.74) is 1.80. The minimum Gasteiger partial charge on any atom is -0.311 e. The molecule has 2 heterocycles. The molecule has 1 fully saturated rings. The van der Waals surface area contributed by atoms with Crippen LogP contribution in [0.15, 0.2) is 12.3 Å². The number of aryl methyl sites for hydroxylation is 1. The maximum absolute atomic E-state index is 6.04. The summed E-state index contributed by atoms with van der Waals surface area (Å²) in [6, 6.07) is 1.89. The molecular weight excluding hydrogens is 325 g/mol. The Kier molecular flexibility index (Phi) is 4.67. The lowest BCUT2D eigenvalue weighted by Gasteiger charge is -2.28. The number of alkyl halides is 1. The molecule has 0 aliphatic heterocycles. The zero-order chi connectivity index (χ0) is 14.9. The van der Waals surface area contributed by atoms with E-state index in [1.54, 1.807) is 6.20 Å². The van der Waals surface area contributed by atoms with Gasteiger partial charge in [0.15, 0.2) is 5.65 Å². The SMILES string of the molecule is CSC1(Cn2c(CCCl)nc3cc(Cl)cnc32)CCCC1. The van der Waals surface area contributed by atoms with Crippen molar-refractivity contribution in [1.29, 1.82) is 0 Å². The van der Waals surface area contributed by atoms with Gasteiger partial charge in [-0.1, -0.05) is 24.4 Å². The fourth-order valence-corrected chi connectivity index (χ4v) is 4.49. The average molecular weight is 344 g/mol. The molecule has 114 valence electrons. The highest BCUT2D eigenvalue weighted by Gasteiger charge is 2.34. The first-order chi connectivity index (χ1) is 10.2. The van der Waals surface area contributed by atoms with Crippen molar-refractivity contribution in [2.75, 3.05) is 12.1 Å². The van der Waals surface area contributed by atoms with Gasteiger partial charge in [-0.05, 0) is 25.2 Å². The van der Waals surface area contributed by atoms with Crippen molar-refractivity contribution in [3.05, 3.63) is 23.1 Å². The molecule has 0 aromatic carbocycles. The molecule has 0 bridgehead atoms. The molecule has 0 radical (unpaired) electrons. The lowest BCUT2D eigenvalue weighted by Crippen LogP contribution is -2.28. The molecule has 6 heteroatoms. The Labute approximate surface area is 139 Å². The van der Waals surface area contributed by atoms with Gasteiger partial charge >= 0.3 is 0 Å². The summed E-state index contributed by atoms with van der Waals surface area (Å²) in [4.78, 5) is 9.20. The molecule has 0 N–H and O–H groups in total. The van der Waals surface area contributed by atoms with Crippen molar-refractivity contribution in [3.63, 3.8) is 0 Å². The van der Waals surface area contributed by atoms with Gasteiger partial charge in [0.1, 0.15) is 11.3 Å². The van der Waals surface area contributed by atoms with Crippen molar-refractivity contribution < 1.29 is 0 Å². The minimum absolute atomic E-state index is 0.315. The number of pyridine rings is 1. The second kappa shape index (κ2) is 6.35. The van der Waals surface area contributed by atoms with E-state index in [-0.39, 0.29) is 0 Å². The van der Waals surface area contributed by atoms with Crippen LogP contribution in [0.25, 0.3) is 11.2 Å². The molecule has 1 saturated carbocycles. The number of fused-ring (bicyclic) bond motifs is 1. The fraction of sp³-hybridized carbons (Fsp3) is 0.600. The highest BCUT2D eigenvalue weighted by molar-refractivity contribution is 8.00. The summed E-state index contributed by atoms with van der Waals surface area (Å²) in [5.74, 6) is 1.60. The van der Waals surface area contributed by atoms with E-state index >= 15 is 0 Å². The molecule has 3 rings (SSSR count). The topological polar surface area (TPSA) is 30.7 Å². The third-order valence-corrected chi connectivity index (χ3v) is 6.14. The van der Waals surface area contributed by atoms with Gasteiger partial charge < -0.3 is 4.57 Å².